The quantitative estimate of drug-likeness (QED) is 0.262. The summed E-state index contributed by atoms with van der Waals surface area (Å²) in [6.07, 6.45) is 1.56. The fourth-order valence-electron chi connectivity index (χ4n) is 5.46. The highest BCUT2D eigenvalue weighted by Gasteiger charge is 2.31. The van der Waals surface area contributed by atoms with Crippen LogP contribution in [0.5, 0.6) is 0 Å². The van der Waals surface area contributed by atoms with E-state index >= 15 is 0 Å². The lowest BCUT2D eigenvalue weighted by Crippen LogP contribution is -2.39. The number of hydrogen-bond donors (Lipinski definition) is 2. The second-order valence-corrected chi connectivity index (χ2v) is 11.1. The van der Waals surface area contributed by atoms with E-state index in [1.165, 1.54) is 37.4 Å². The molecule has 1 fully saturated rings. The number of halogens is 1. The number of aromatic nitrogens is 1. The van der Waals surface area contributed by atoms with E-state index < -0.39 is 5.82 Å². The lowest BCUT2D eigenvalue weighted by molar-refractivity contribution is -0.114. The molecule has 1 saturated heterocycles. The van der Waals surface area contributed by atoms with Gasteiger partial charge in [0, 0.05) is 55.7 Å². The number of rotatable bonds is 5. The van der Waals surface area contributed by atoms with Gasteiger partial charge in [0.15, 0.2) is 5.01 Å². The SMILES string of the molecule is CNC(=O)c1c(-c2ccc(F)cc2)oc2cc(NC(C)=O)c([C@@H]3CCCN(C(=O)c4nc5ccccc5s4)C3)cc12. The summed E-state index contributed by atoms with van der Waals surface area (Å²) in [5.41, 5.74) is 3.45. The molecule has 8 nitrogen and oxygen atoms in total. The highest BCUT2D eigenvalue weighted by atomic mass is 32.1. The summed E-state index contributed by atoms with van der Waals surface area (Å²) in [6.45, 7) is 2.47. The molecule has 2 aromatic heterocycles. The van der Waals surface area contributed by atoms with Gasteiger partial charge in [-0.25, -0.2) is 9.37 Å². The number of para-hydroxylation sites is 1. The Bertz CT molecular complexity index is 1780. The zero-order chi connectivity index (χ0) is 28.7. The van der Waals surface area contributed by atoms with Gasteiger partial charge in [0.25, 0.3) is 11.8 Å². The van der Waals surface area contributed by atoms with Gasteiger partial charge in [-0.1, -0.05) is 12.1 Å². The van der Waals surface area contributed by atoms with Crippen LogP contribution in [0.1, 0.15) is 51.4 Å². The van der Waals surface area contributed by atoms with E-state index in [4.69, 9.17) is 4.42 Å². The van der Waals surface area contributed by atoms with Gasteiger partial charge in [0.05, 0.1) is 15.8 Å². The van der Waals surface area contributed by atoms with Crippen LogP contribution in [-0.4, -0.2) is 47.7 Å². The van der Waals surface area contributed by atoms with Crippen molar-refractivity contribution in [2.45, 2.75) is 25.7 Å². The summed E-state index contributed by atoms with van der Waals surface area (Å²) >= 11 is 1.38. The summed E-state index contributed by atoms with van der Waals surface area (Å²) in [7, 11) is 1.54. The van der Waals surface area contributed by atoms with E-state index in [0.29, 0.717) is 51.6 Å². The normalized spacial score (nSPS) is 15.3. The first kappa shape index (κ1) is 26.6. The van der Waals surface area contributed by atoms with Crippen molar-refractivity contribution in [3.63, 3.8) is 0 Å². The maximum Gasteiger partial charge on any atom is 0.282 e. The van der Waals surface area contributed by atoms with Crippen molar-refractivity contribution >= 4 is 55.9 Å². The van der Waals surface area contributed by atoms with Crippen molar-refractivity contribution in [1.29, 1.82) is 0 Å². The molecule has 3 heterocycles. The Morgan fingerprint density at radius 1 is 1.10 bits per heavy atom. The highest BCUT2D eigenvalue weighted by molar-refractivity contribution is 7.20. The standard InChI is InChI=1S/C31H27FN4O4S/c1-17(37)34-24-15-25-22(27(29(38)33-2)28(40-25)18-9-11-20(32)12-10-18)14-21(24)19-6-5-13-36(16-19)31(39)30-35-23-7-3-4-8-26(23)41-30/h3-4,7-12,14-15,19H,5-6,13,16H2,1-2H3,(H,33,38)(H,34,37)/t19-/m1/s1. The Hall–Kier alpha value is -4.57. The molecule has 3 amide bonds. The number of nitrogens with one attached hydrogen (secondary N) is 2. The summed E-state index contributed by atoms with van der Waals surface area (Å²) in [4.78, 5) is 45.2. The topological polar surface area (TPSA) is 105 Å². The second kappa shape index (κ2) is 10.8. The molecule has 0 bridgehead atoms. The van der Waals surface area contributed by atoms with Crippen LogP contribution in [0.4, 0.5) is 10.1 Å². The van der Waals surface area contributed by atoms with Crippen molar-refractivity contribution < 1.29 is 23.2 Å². The van der Waals surface area contributed by atoms with Gasteiger partial charge in [0.2, 0.25) is 5.91 Å². The lowest BCUT2D eigenvalue weighted by Gasteiger charge is -2.33. The monoisotopic (exact) mass is 570 g/mol. The molecule has 1 aliphatic rings. The van der Waals surface area contributed by atoms with E-state index in [2.05, 4.69) is 15.6 Å². The average Bonchev–Trinajstić information content (AvgIpc) is 3.58. The molecule has 208 valence electrons. The van der Waals surface area contributed by atoms with Crippen molar-refractivity contribution in [2.24, 2.45) is 0 Å². The number of thiazole rings is 1. The molecule has 2 N–H and O–H groups in total. The summed E-state index contributed by atoms with van der Waals surface area (Å²) in [5.74, 6) is -0.912. The Morgan fingerprint density at radius 3 is 2.61 bits per heavy atom. The molecule has 3 aromatic carbocycles. The number of amides is 3. The Labute approximate surface area is 239 Å². The summed E-state index contributed by atoms with van der Waals surface area (Å²) in [5, 5.41) is 6.61. The first-order valence-corrected chi connectivity index (χ1v) is 14.1. The van der Waals surface area contributed by atoms with E-state index in [1.807, 2.05) is 35.2 Å². The van der Waals surface area contributed by atoms with Crippen LogP contribution in [-0.2, 0) is 4.79 Å². The molecular formula is C31H27FN4O4S. The fourth-order valence-corrected chi connectivity index (χ4v) is 6.40. The number of anilines is 1. The number of carbonyl (C=O) groups is 3. The zero-order valence-electron chi connectivity index (χ0n) is 22.5. The van der Waals surface area contributed by atoms with E-state index in [1.54, 1.807) is 18.2 Å². The molecule has 0 saturated carbocycles. The number of nitrogens with zero attached hydrogens (tertiary/aromatic N) is 2. The minimum atomic E-state index is -0.399. The van der Waals surface area contributed by atoms with Crippen LogP contribution in [0.15, 0.2) is 65.1 Å². The highest BCUT2D eigenvalue weighted by Crippen LogP contribution is 2.41. The van der Waals surface area contributed by atoms with Crippen molar-refractivity contribution in [3.8, 4) is 11.3 Å². The van der Waals surface area contributed by atoms with Crippen LogP contribution in [0, 0.1) is 5.82 Å². The van der Waals surface area contributed by atoms with Crippen LogP contribution >= 0.6 is 11.3 Å². The molecule has 0 unspecified atom stereocenters. The second-order valence-electron chi connectivity index (χ2n) is 10.1. The van der Waals surface area contributed by atoms with E-state index in [-0.39, 0.29) is 23.6 Å². The molecule has 1 atom stereocenters. The number of furan rings is 1. The van der Waals surface area contributed by atoms with Gasteiger partial charge in [-0.15, -0.1) is 11.3 Å². The third-order valence-corrected chi connectivity index (χ3v) is 8.38. The first-order chi connectivity index (χ1) is 19.8. The lowest BCUT2D eigenvalue weighted by atomic mass is 9.88. The van der Waals surface area contributed by atoms with Crippen LogP contribution < -0.4 is 10.6 Å². The predicted octanol–water partition coefficient (Wildman–Crippen LogP) is 6.19. The van der Waals surface area contributed by atoms with Gasteiger partial charge in [-0.2, -0.15) is 0 Å². The number of benzene rings is 3. The maximum absolute atomic E-state index is 13.6. The first-order valence-electron chi connectivity index (χ1n) is 13.3. The van der Waals surface area contributed by atoms with Crippen LogP contribution in [0.2, 0.25) is 0 Å². The van der Waals surface area contributed by atoms with Gasteiger partial charge in [0.1, 0.15) is 17.2 Å². The van der Waals surface area contributed by atoms with E-state index in [0.717, 1.165) is 28.6 Å². The van der Waals surface area contributed by atoms with Gasteiger partial charge in [-0.05, 0) is 60.9 Å². The van der Waals surface area contributed by atoms with Crippen LogP contribution in [0.3, 0.4) is 0 Å². The van der Waals surface area contributed by atoms with Crippen LogP contribution in [0.25, 0.3) is 32.5 Å². The summed E-state index contributed by atoms with van der Waals surface area (Å²) < 4.78 is 20.7. The summed E-state index contributed by atoms with van der Waals surface area (Å²) in [6, 6.07) is 17.0. The number of hydrogen-bond acceptors (Lipinski definition) is 6. The average molecular weight is 571 g/mol. The molecule has 0 aliphatic carbocycles. The number of piperidine rings is 1. The smallest absolute Gasteiger partial charge is 0.282 e. The molecule has 41 heavy (non-hydrogen) atoms. The number of fused-ring (bicyclic) bond motifs is 2. The molecule has 10 heteroatoms. The fraction of sp³-hybridized carbons (Fsp3) is 0.226. The Balaban J connectivity index is 1.42. The Morgan fingerprint density at radius 2 is 1.88 bits per heavy atom. The molecule has 5 aromatic rings. The molecular weight excluding hydrogens is 543 g/mol. The van der Waals surface area contributed by atoms with Crippen molar-refractivity contribution in [1.82, 2.24) is 15.2 Å². The molecule has 0 radical (unpaired) electrons. The molecule has 0 spiro atoms. The molecule has 1 aliphatic heterocycles. The Kier molecular flexibility index (Phi) is 7.00. The van der Waals surface area contributed by atoms with Crippen molar-refractivity contribution in [2.75, 3.05) is 25.5 Å². The van der Waals surface area contributed by atoms with Gasteiger partial charge >= 0.3 is 0 Å². The predicted molar refractivity (Wildman–Crippen MR) is 157 cm³/mol. The minimum Gasteiger partial charge on any atom is -0.455 e. The third-order valence-electron chi connectivity index (χ3n) is 7.36. The van der Waals surface area contributed by atoms with Crippen molar-refractivity contribution in [3.05, 3.63) is 82.6 Å². The van der Waals surface area contributed by atoms with Gasteiger partial charge in [-0.3, -0.25) is 14.4 Å². The largest absolute Gasteiger partial charge is 0.455 e. The minimum absolute atomic E-state index is 0.102. The van der Waals surface area contributed by atoms with E-state index in [9.17, 15) is 18.8 Å². The molecule has 6 rings (SSSR count). The number of likely N-dealkylation sites (tertiary alicyclic amines) is 1. The number of carbonyl (C=O) groups excluding carboxylic acids is 3. The zero-order valence-corrected chi connectivity index (χ0v) is 23.3. The maximum atomic E-state index is 13.6. The third kappa shape index (κ3) is 5.06. The van der Waals surface area contributed by atoms with Gasteiger partial charge < -0.3 is 20.0 Å².